The van der Waals surface area contributed by atoms with Crippen molar-refractivity contribution in [3.63, 3.8) is 0 Å². The number of anilines is 2. The number of carbonyl (C=O) groups excluding carboxylic acids is 1. The Morgan fingerprint density at radius 1 is 1.17 bits per heavy atom. The van der Waals surface area contributed by atoms with Gasteiger partial charge >= 0.3 is 5.97 Å². The molecular formula is C18H28N2O4. The Labute approximate surface area is 143 Å². The summed E-state index contributed by atoms with van der Waals surface area (Å²) >= 11 is 0. The van der Waals surface area contributed by atoms with E-state index in [0.29, 0.717) is 12.3 Å². The number of nitrogens with zero attached hydrogens (tertiary/aromatic N) is 1. The lowest BCUT2D eigenvalue weighted by atomic mass is 10.1. The van der Waals surface area contributed by atoms with E-state index in [0.717, 1.165) is 12.8 Å². The molecule has 0 spiro atoms. The van der Waals surface area contributed by atoms with E-state index in [2.05, 4.69) is 6.92 Å². The maximum absolute atomic E-state index is 12.2. The highest BCUT2D eigenvalue weighted by molar-refractivity contribution is 6.02. The lowest BCUT2D eigenvalue weighted by molar-refractivity contribution is -0.122. The molecule has 3 N–H and O–H groups in total. The predicted molar refractivity (Wildman–Crippen MR) is 95.4 cm³/mol. The third kappa shape index (κ3) is 6.58. The minimum absolute atomic E-state index is 0.0379. The Kier molecular flexibility index (Phi) is 8.86. The molecule has 24 heavy (non-hydrogen) atoms. The van der Waals surface area contributed by atoms with E-state index in [1.807, 2.05) is 0 Å². The van der Waals surface area contributed by atoms with Crippen LogP contribution in [-0.2, 0) is 9.53 Å². The van der Waals surface area contributed by atoms with Crippen LogP contribution >= 0.6 is 0 Å². The van der Waals surface area contributed by atoms with Crippen LogP contribution in [0.3, 0.4) is 0 Å². The third-order valence-electron chi connectivity index (χ3n) is 3.86. The lowest BCUT2D eigenvalue weighted by Crippen LogP contribution is -2.31. The second kappa shape index (κ2) is 10.6. The van der Waals surface area contributed by atoms with Gasteiger partial charge in [-0.2, -0.15) is 0 Å². The molecule has 1 aromatic carbocycles. The summed E-state index contributed by atoms with van der Waals surface area (Å²) in [5.74, 6) is -1.40. The van der Waals surface area contributed by atoms with E-state index in [4.69, 9.17) is 10.5 Å². The van der Waals surface area contributed by atoms with Crippen molar-refractivity contribution in [1.29, 1.82) is 0 Å². The molecule has 0 aliphatic carbocycles. The highest BCUT2D eigenvalue weighted by atomic mass is 16.5. The summed E-state index contributed by atoms with van der Waals surface area (Å²) in [6.45, 7) is 2.65. The van der Waals surface area contributed by atoms with Crippen molar-refractivity contribution >= 4 is 23.3 Å². The molecule has 0 atom stereocenters. The minimum atomic E-state index is -1.10. The number of aromatic carboxylic acids is 1. The zero-order chi connectivity index (χ0) is 17.9. The van der Waals surface area contributed by atoms with Gasteiger partial charge in [0.25, 0.3) is 5.91 Å². The molecule has 1 rings (SSSR count). The maximum atomic E-state index is 12.2. The van der Waals surface area contributed by atoms with Gasteiger partial charge in [-0.15, -0.1) is 0 Å². The number of nitrogens with two attached hydrogens (primary N) is 1. The van der Waals surface area contributed by atoms with Crippen LogP contribution in [0.1, 0.15) is 55.8 Å². The van der Waals surface area contributed by atoms with Gasteiger partial charge in [0, 0.05) is 19.3 Å². The number of likely N-dealkylation sites (N-methyl/N-ethyl adjacent to an activating group) is 1. The highest BCUT2D eigenvalue weighted by Crippen LogP contribution is 2.23. The van der Waals surface area contributed by atoms with Crippen LogP contribution in [0.4, 0.5) is 11.4 Å². The van der Waals surface area contributed by atoms with Gasteiger partial charge in [0.05, 0.1) is 11.3 Å². The Hall–Kier alpha value is -2.08. The molecule has 0 radical (unpaired) electrons. The second-order valence-electron chi connectivity index (χ2n) is 5.85. The summed E-state index contributed by atoms with van der Waals surface area (Å²) < 4.78 is 5.41. The molecule has 0 unspecified atom stereocenters. The number of carboxylic acids is 1. The highest BCUT2D eigenvalue weighted by Gasteiger charge is 2.18. The zero-order valence-corrected chi connectivity index (χ0v) is 14.6. The van der Waals surface area contributed by atoms with Crippen LogP contribution in [-0.4, -0.2) is 37.2 Å². The number of amides is 1. The fraction of sp³-hybridized carbons (Fsp3) is 0.556. The van der Waals surface area contributed by atoms with Crippen LogP contribution in [0, 0.1) is 0 Å². The Balaban J connectivity index is 2.43. The van der Waals surface area contributed by atoms with Gasteiger partial charge in [0.2, 0.25) is 0 Å². The largest absolute Gasteiger partial charge is 0.478 e. The molecule has 0 saturated carbocycles. The molecule has 0 bridgehead atoms. The summed E-state index contributed by atoms with van der Waals surface area (Å²) in [6.07, 6.45) is 6.94. The molecule has 0 fully saturated rings. The molecule has 6 heteroatoms. The van der Waals surface area contributed by atoms with E-state index >= 15 is 0 Å². The second-order valence-corrected chi connectivity index (χ2v) is 5.85. The van der Waals surface area contributed by atoms with Crippen LogP contribution in [0.5, 0.6) is 0 Å². The van der Waals surface area contributed by atoms with Gasteiger partial charge in [-0.1, -0.05) is 39.0 Å². The number of carbonyl (C=O) groups is 2. The quantitative estimate of drug-likeness (QED) is 0.478. The van der Waals surface area contributed by atoms with Crippen LogP contribution in [0.2, 0.25) is 0 Å². The third-order valence-corrected chi connectivity index (χ3v) is 3.86. The van der Waals surface area contributed by atoms with E-state index in [1.54, 1.807) is 0 Å². The van der Waals surface area contributed by atoms with Crippen LogP contribution in [0.25, 0.3) is 0 Å². The van der Waals surface area contributed by atoms with Gasteiger partial charge in [-0.25, -0.2) is 4.79 Å². The number of rotatable bonds is 11. The number of unbranched alkanes of at least 4 members (excludes halogenated alkanes) is 5. The number of nitrogen functional groups attached to an aromatic ring is 1. The molecule has 1 amide bonds. The van der Waals surface area contributed by atoms with Gasteiger partial charge in [0.15, 0.2) is 0 Å². The van der Waals surface area contributed by atoms with Crippen molar-refractivity contribution in [1.82, 2.24) is 0 Å². The Bertz CT molecular complexity index is 546. The molecule has 1 aromatic rings. The standard InChI is InChI=1S/C18H28N2O4/c1-3-4-5-6-7-8-11-24-13-17(21)20(2)16-12-14(19)9-10-15(16)18(22)23/h9-10,12H,3-8,11,13,19H2,1-2H3,(H,22,23). The molecule has 6 nitrogen and oxygen atoms in total. The van der Waals surface area contributed by atoms with Crippen molar-refractivity contribution < 1.29 is 19.4 Å². The molecule has 0 heterocycles. The van der Waals surface area contributed by atoms with Crippen molar-refractivity contribution in [3.05, 3.63) is 23.8 Å². The first kappa shape index (κ1) is 20.0. The molecule has 0 aromatic heterocycles. The molecule has 134 valence electrons. The van der Waals surface area contributed by atoms with Crippen molar-refractivity contribution in [2.75, 3.05) is 30.9 Å². The molecule has 0 aliphatic rings. The first-order chi connectivity index (χ1) is 11.5. The average Bonchev–Trinajstić information content (AvgIpc) is 2.56. The van der Waals surface area contributed by atoms with Crippen LogP contribution in [0.15, 0.2) is 18.2 Å². The summed E-state index contributed by atoms with van der Waals surface area (Å²) in [4.78, 5) is 24.7. The number of benzene rings is 1. The monoisotopic (exact) mass is 336 g/mol. The van der Waals surface area contributed by atoms with Crippen molar-refractivity contribution in [2.24, 2.45) is 0 Å². The number of carboxylic acid groups (broad SMARTS) is 1. The smallest absolute Gasteiger partial charge is 0.337 e. The SMILES string of the molecule is CCCCCCCCOCC(=O)N(C)c1cc(N)ccc1C(=O)O. The van der Waals surface area contributed by atoms with E-state index in [9.17, 15) is 14.7 Å². The van der Waals surface area contributed by atoms with Crippen molar-refractivity contribution in [3.8, 4) is 0 Å². The van der Waals surface area contributed by atoms with E-state index < -0.39 is 5.97 Å². The lowest BCUT2D eigenvalue weighted by Gasteiger charge is -2.20. The normalized spacial score (nSPS) is 10.6. The average molecular weight is 336 g/mol. The van der Waals surface area contributed by atoms with E-state index in [-0.39, 0.29) is 23.8 Å². The van der Waals surface area contributed by atoms with Gasteiger partial charge in [-0.3, -0.25) is 4.79 Å². The first-order valence-electron chi connectivity index (χ1n) is 8.44. The van der Waals surface area contributed by atoms with Gasteiger partial charge < -0.3 is 20.5 Å². The van der Waals surface area contributed by atoms with Crippen LogP contribution < -0.4 is 10.6 Å². The fourth-order valence-electron chi connectivity index (χ4n) is 2.38. The van der Waals surface area contributed by atoms with Gasteiger partial charge in [-0.05, 0) is 24.6 Å². The Morgan fingerprint density at radius 2 is 1.83 bits per heavy atom. The number of hydrogen-bond acceptors (Lipinski definition) is 4. The first-order valence-corrected chi connectivity index (χ1v) is 8.44. The predicted octanol–water partition coefficient (Wildman–Crippen LogP) is 3.31. The minimum Gasteiger partial charge on any atom is -0.478 e. The summed E-state index contributed by atoms with van der Waals surface area (Å²) in [6, 6.07) is 4.38. The van der Waals surface area contributed by atoms with Crippen molar-refractivity contribution in [2.45, 2.75) is 45.4 Å². The topological polar surface area (TPSA) is 92.9 Å². The summed E-state index contributed by atoms with van der Waals surface area (Å²) in [7, 11) is 1.53. The molecule has 0 saturated heterocycles. The fourth-order valence-corrected chi connectivity index (χ4v) is 2.38. The number of ether oxygens (including phenoxy) is 1. The van der Waals surface area contributed by atoms with E-state index in [1.165, 1.54) is 55.8 Å². The molecule has 0 aliphatic heterocycles. The Morgan fingerprint density at radius 3 is 2.50 bits per heavy atom. The molecular weight excluding hydrogens is 308 g/mol. The summed E-state index contributed by atoms with van der Waals surface area (Å²) in [5.41, 5.74) is 6.41. The van der Waals surface area contributed by atoms with Gasteiger partial charge in [0.1, 0.15) is 6.61 Å². The maximum Gasteiger partial charge on any atom is 0.337 e. The number of hydrogen-bond donors (Lipinski definition) is 2. The zero-order valence-electron chi connectivity index (χ0n) is 14.6. The summed E-state index contributed by atoms with van der Waals surface area (Å²) in [5, 5.41) is 9.21.